The number of pyridine rings is 1. The number of halogens is 3. The Bertz CT molecular complexity index is 1920. The molecular weight excluding hydrogens is 665 g/mol. The Labute approximate surface area is 274 Å². The lowest BCUT2D eigenvalue weighted by Gasteiger charge is -2.17. The van der Waals surface area contributed by atoms with E-state index in [9.17, 15) is 23.3 Å². The summed E-state index contributed by atoms with van der Waals surface area (Å²) in [6.07, 6.45) is 2.97. The van der Waals surface area contributed by atoms with Gasteiger partial charge in [0.25, 0.3) is 5.91 Å². The third-order valence-electron chi connectivity index (χ3n) is 6.17. The molecule has 0 fully saturated rings. The Morgan fingerprint density at radius 3 is 2.02 bits per heavy atom. The number of nitrogens with one attached hydrogen (secondary N) is 2. The van der Waals surface area contributed by atoms with E-state index in [1.54, 1.807) is 36.4 Å². The molecule has 0 aliphatic heterocycles. The van der Waals surface area contributed by atoms with Gasteiger partial charge in [-0.05, 0) is 54.6 Å². The number of nitriles is 1. The maximum atomic E-state index is 13.9. The molecule has 0 unspecified atom stereocenters. The van der Waals surface area contributed by atoms with Gasteiger partial charge < -0.3 is 22.8 Å². The standard InChI is InChI=1S/C30H22Cl3N5O4S2/c1-37(2)22-11-13-38(14-12-22)29(24(17-34)28(39)18-3-5-19(31)6-4-18)36-44(41,42)27-15-23(25(33)16-26(27)43)30(40)35-21-9-7-20(32)8-10-21/h3-16H,1-2H3,(H2-,35,36,39,40,43). The molecule has 0 aliphatic carbocycles. The van der Waals surface area contributed by atoms with Crippen LogP contribution in [0.2, 0.25) is 15.1 Å². The molecule has 0 saturated carbocycles. The summed E-state index contributed by atoms with van der Waals surface area (Å²) in [4.78, 5) is 27.7. The number of nitrogens with zero attached hydrogens (tertiary/aromatic N) is 3. The Hall–Kier alpha value is -4.18. The molecule has 44 heavy (non-hydrogen) atoms. The van der Waals surface area contributed by atoms with Crippen LogP contribution in [0.3, 0.4) is 0 Å². The Morgan fingerprint density at radius 1 is 0.909 bits per heavy atom. The number of ketones is 1. The highest BCUT2D eigenvalue weighted by molar-refractivity contribution is 7.90. The molecule has 1 aromatic heterocycles. The van der Waals surface area contributed by atoms with Crippen molar-refractivity contribution >= 4 is 86.3 Å². The van der Waals surface area contributed by atoms with Crippen LogP contribution >= 0.6 is 34.8 Å². The van der Waals surface area contributed by atoms with Gasteiger partial charge in [-0.3, -0.25) is 9.59 Å². The van der Waals surface area contributed by atoms with E-state index in [0.717, 1.165) is 17.8 Å². The van der Waals surface area contributed by atoms with Crippen LogP contribution in [-0.4, -0.2) is 34.2 Å². The van der Waals surface area contributed by atoms with Gasteiger partial charge in [-0.2, -0.15) is 23.3 Å². The average molecular weight is 687 g/mol. The van der Waals surface area contributed by atoms with Crippen molar-refractivity contribution in [1.29, 1.82) is 5.26 Å². The van der Waals surface area contributed by atoms with Gasteiger partial charge in [-0.1, -0.05) is 40.9 Å². The predicted molar refractivity (Wildman–Crippen MR) is 172 cm³/mol. The van der Waals surface area contributed by atoms with Crippen LogP contribution in [0, 0.1) is 11.3 Å². The van der Waals surface area contributed by atoms with Gasteiger partial charge >= 0.3 is 15.8 Å². The predicted octanol–water partition coefficient (Wildman–Crippen LogP) is 5.71. The molecule has 0 bridgehead atoms. The van der Waals surface area contributed by atoms with Crippen molar-refractivity contribution in [2.45, 2.75) is 9.79 Å². The van der Waals surface area contributed by atoms with E-state index in [4.69, 9.17) is 47.4 Å². The number of hydrogen-bond acceptors (Lipinski definition) is 7. The Morgan fingerprint density at radius 2 is 1.48 bits per heavy atom. The zero-order valence-corrected chi connectivity index (χ0v) is 26.9. The first-order valence-corrected chi connectivity index (χ1v) is 15.6. The molecule has 0 saturated heterocycles. The molecule has 4 rings (SSSR count). The summed E-state index contributed by atoms with van der Waals surface area (Å²) in [6.45, 7) is 0. The molecule has 2 N–H and O–H groups in total. The fourth-order valence-corrected chi connectivity index (χ4v) is 6.13. The quantitative estimate of drug-likeness (QED) is 0.0760. The zero-order valence-electron chi connectivity index (χ0n) is 23.0. The van der Waals surface area contributed by atoms with E-state index in [1.807, 2.05) is 25.1 Å². The molecule has 3 aromatic carbocycles. The minimum atomic E-state index is -4.62. The second kappa shape index (κ2) is 13.6. The third kappa shape index (κ3) is 7.48. The normalized spacial score (nSPS) is 11.6. The van der Waals surface area contributed by atoms with Crippen LogP contribution in [0.15, 0.2) is 101 Å². The topological polar surface area (TPSA) is 123 Å². The van der Waals surface area contributed by atoms with Gasteiger partial charge in [0, 0.05) is 53.2 Å². The highest BCUT2D eigenvalue weighted by Gasteiger charge is 2.31. The van der Waals surface area contributed by atoms with Crippen LogP contribution < -0.4 is 19.5 Å². The highest BCUT2D eigenvalue weighted by Crippen LogP contribution is 2.27. The number of sulfonamides is 1. The SMILES string of the molecule is CN(C)c1cc[n+](/C(NS(=O)(=O)c2cc(C(=O)Nc3ccc(Cl)cc3)c(Cl)cc2[S-])=C(\C#N)C(=O)c2ccc(Cl)cc2)cc1. The molecule has 1 heterocycles. The Kier molecular flexibility index (Phi) is 10.1. The number of benzene rings is 3. The second-order valence-electron chi connectivity index (χ2n) is 9.37. The van der Waals surface area contributed by atoms with E-state index < -0.39 is 32.2 Å². The van der Waals surface area contributed by atoms with Crippen molar-refractivity contribution in [1.82, 2.24) is 4.72 Å². The van der Waals surface area contributed by atoms with Crippen molar-refractivity contribution < 1.29 is 22.6 Å². The minimum absolute atomic E-state index is 0.0829. The maximum Gasteiger partial charge on any atom is 0.327 e. The van der Waals surface area contributed by atoms with Crippen LogP contribution in [-0.2, 0) is 22.7 Å². The number of aromatic nitrogens is 1. The number of amides is 1. The highest BCUT2D eigenvalue weighted by atomic mass is 35.5. The second-order valence-corrected chi connectivity index (χ2v) is 12.7. The number of anilines is 2. The smallest absolute Gasteiger partial charge is 0.327 e. The summed E-state index contributed by atoms with van der Waals surface area (Å²) in [5.41, 5.74) is 0.571. The van der Waals surface area contributed by atoms with Gasteiger partial charge in [0.2, 0.25) is 5.78 Å². The minimum Gasteiger partial charge on any atom is -0.778 e. The molecular formula is C30H22Cl3N5O4S2. The van der Waals surface area contributed by atoms with Gasteiger partial charge in [0.05, 0.1) is 27.9 Å². The van der Waals surface area contributed by atoms with E-state index in [1.165, 1.54) is 41.2 Å². The van der Waals surface area contributed by atoms with E-state index in [-0.39, 0.29) is 26.9 Å². The molecule has 0 spiro atoms. The van der Waals surface area contributed by atoms with Crippen LogP contribution in [0.5, 0.6) is 0 Å². The lowest BCUT2D eigenvalue weighted by molar-refractivity contribution is -0.584. The summed E-state index contributed by atoms with van der Waals surface area (Å²) in [6, 6.07) is 19.4. The average Bonchev–Trinajstić information content (AvgIpc) is 2.98. The molecule has 4 aromatic rings. The molecule has 14 heteroatoms. The molecule has 0 aliphatic rings. The number of Topliss-reactive ketones (excluding diaryl/α,β-unsaturated/α-hetero) is 1. The molecule has 9 nitrogen and oxygen atoms in total. The summed E-state index contributed by atoms with van der Waals surface area (Å²) < 4.78 is 31.3. The van der Waals surface area contributed by atoms with Crippen molar-refractivity contribution in [2.24, 2.45) is 0 Å². The van der Waals surface area contributed by atoms with E-state index >= 15 is 0 Å². The number of carbonyl (C=O) groups excluding carboxylic acids is 2. The van der Waals surface area contributed by atoms with Crippen molar-refractivity contribution in [2.75, 3.05) is 24.3 Å². The largest absolute Gasteiger partial charge is 0.778 e. The van der Waals surface area contributed by atoms with Crippen LogP contribution in [0.4, 0.5) is 11.4 Å². The number of allylic oxidation sites excluding steroid dienone is 1. The summed E-state index contributed by atoms with van der Waals surface area (Å²) in [5, 5.41) is 13.5. The summed E-state index contributed by atoms with van der Waals surface area (Å²) in [7, 11) is -0.986. The van der Waals surface area contributed by atoms with Gasteiger partial charge in [0.1, 0.15) is 6.07 Å². The number of rotatable bonds is 9. The van der Waals surface area contributed by atoms with Crippen LogP contribution in [0.25, 0.3) is 5.82 Å². The first-order chi connectivity index (χ1) is 20.8. The van der Waals surface area contributed by atoms with Crippen molar-refractivity contribution in [3.05, 3.63) is 117 Å². The summed E-state index contributed by atoms with van der Waals surface area (Å²) >= 11 is 23.5. The molecule has 0 radical (unpaired) electrons. The molecule has 0 atom stereocenters. The fraction of sp³-hybridized carbons (Fsp3) is 0.0667. The molecule has 224 valence electrons. The number of carbonyl (C=O) groups is 2. The monoisotopic (exact) mass is 685 g/mol. The zero-order chi connectivity index (χ0) is 32.2. The summed E-state index contributed by atoms with van der Waals surface area (Å²) in [5.74, 6) is -1.83. The first-order valence-electron chi connectivity index (χ1n) is 12.5. The van der Waals surface area contributed by atoms with E-state index in [2.05, 4.69) is 10.0 Å². The van der Waals surface area contributed by atoms with Crippen molar-refractivity contribution in [3.63, 3.8) is 0 Å². The third-order valence-corrected chi connectivity index (χ3v) is 8.83. The van der Waals surface area contributed by atoms with E-state index in [0.29, 0.717) is 15.7 Å². The van der Waals surface area contributed by atoms with Gasteiger partial charge in [0.15, 0.2) is 5.57 Å². The van der Waals surface area contributed by atoms with Gasteiger partial charge in [-0.15, -0.1) is 0 Å². The maximum absolute atomic E-state index is 13.9. The van der Waals surface area contributed by atoms with Crippen molar-refractivity contribution in [3.8, 4) is 6.07 Å². The Balaban J connectivity index is 1.81. The number of hydrogen-bond donors (Lipinski definition) is 2. The van der Waals surface area contributed by atoms with Crippen LogP contribution in [0.1, 0.15) is 20.7 Å². The van der Waals surface area contributed by atoms with Gasteiger partial charge in [-0.25, -0.2) is 4.57 Å². The lowest BCUT2D eigenvalue weighted by Crippen LogP contribution is -2.43. The lowest BCUT2D eigenvalue weighted by atomic mass is 10.0. The first kappa shape index (κ1) is 32.7. The molecule has 1 amide bonds. The fourth-order valence-electron chi connectivity index (χ4n) is 3.89.